The van der Waals surface area contributed by atoms with E-state index < -0.39 is 0 Å². The highest BCUT2D eigenvalue weighted by molar-refractivity contribution is 5.18. The molecule has 2 heterocycles. The molecular weight excluding hydrogens is 271 g/mol. The van der Waals surface area contributed by atoms with Gasteiger partial charge in [0.15, 0.2) is 0 Å². The van der Waals surface area contributed by atoms with E-state index >= 15 is 0 Å². The summed E-state index contributed by atoms with van der Waals surface area (Å²) in [4.78, 5) is 13.5. The fraction of sp³-hybridized carbons (Fsp3) is 0.438. The Balaban J connectivity index is 1.71. The van der Waals surface area contributed by atoms with Crippen molar-refractivity contribution >= 4 is 0 Å². The summed E-state index contributed by atoms with van der Waals surface area (Å²) in [7, 11) is 2.11. The Hall–Kier alpha value is -1.88. The second kappa shape index (κ2) is 5.85. The Morgan fingerprint density at radius 3 is 2.81 bits per heavy atom. The average Bonchev–Trinajstić information content (AvgIpc) is 2.90. The number of hydrogen-bond donors (Lipinski definition) is 1. The molecule has 0 unspecified atom stereocenters. The molecule has 0 aliphatic carbocycles. The molecule has 1 fully saturated rings. The smallest absolute Gasteiger partial charge is 0.280 e. The minimum absolute atomic E-state index is 0.181. The summed E-state index contributed by atoms with van der Waals surface area (Å²) in [6.45, 7) is 0.964. The molecule has 5 heteroatoms. The number of aromatic nitrogens is 1. The number of rotatable bonds is 3. The van der Waals surface area contributed by atoms with Gasteiger partial charge in [-0.3, -0.25) is 4.79 Å². The maximum Gasteiger partial charge on any atom is 0.280 e. The van der Waals surface area contributed by atoms with E-state index in [2.05, 4.69) is 17.1 Å². The van der Waals surface area contributed by atoms with Crippen molar-refractivity contribution in [2.45, 2.75) is 31.2 Å². The fourth-order valence-electron chi connectivity index (χ4n) is 3.06. The molecule has 2 atom stereocenters. The average molecular weight is 290 g/mol. The molecule has 3 rings (SSSR count). The highest BCUT2D eigenvalue weighted by Crippen LogP contribution is 2.31. The molecule has 0 spiro atoms. The van der Waals surface area contributed by atoms with Gasteiger partial charge in [0, 0.05) is 18.0 Å². The van der Waals surface area contributed by atoms with E-state index in [4.69, 9.17) is 4.52 Å². The molecule has 0 bridgehead atoms. The lowest BCUT2D eigenvalue weighted by atomic mass is 9.86. The summed E-state index contributed by atoms with van der Waals surface area (Å²) in [6, 6.07) is 8.59. The van der Waals surface area contributed by atoms with Gasteiger partial charge in [-0.1, -0.05) is 12.1 Å². The molecule has 1 aromatic heterocycles. The fourth-order valence-corrected chi connectivity index (χ4v) is 3.06. The summed E-state index contributed by atoms with van der Waals surface area (Å²) in [5.41, 5.74) is 0.948. The number of aromatic amines is 1. The normalized spacial score (nSPS) is 23.3. The number of piperidine rings is 1. The Morgan fingerprint density at radius 1 is 1.38 bits per heavy atom. The van der Waals surface area contributed by atoms with Gasteiger partial charge < -0.3 is 9.42 Å². The van der Waals surface area contributed by atoms with Crippen LogP contribution in [0.4, 0.5) is 4.39 Å². The van der Waals surface area contributed by atoms with Gasteiger partial charge in [-0.25, -0.2) is 4.39 Å². The largest absolute Gasteiger partial charge is 0.383 e. The molecule has 1 aromatic carbocycles. The van der Waals surface area contributed by atoms with Crippen molar-refractivity contribution in [2.24, 2.45) is 0 Å². The maximum absolute atomic E-state index is 13.0. The van der Waals surface area contributed by atoms with Crippen molar-refractivity contribution in [1.29, 1.82) is 0 Å². The van der Waals surface area contributed by atoms with Crippen LogP contribution in [0.1, 0.15) is 30.1 Å². The first-order valence-corrected chi connectivity index (χ1v) is 7.25. The van der Waals surface area contributed by atoms with Crippen LogP contribution >= 0.6 is 0 Å². The first kappa shape index (κ1) is 14.1. The Morgan fingerprint density at radius 2 is 2.14 bits per heavy atom. The van der Waals surface area contributed by atoms with Gasteiger partial charge in [-0.15, -0.1) is 0 Å². The summed E-state index contributed by atoms with van der Waals surface area (Å²) in [6.07, 6.45) is 2.80. The van der Waals surface area contributed by atoms with Crippen LogP contribution < -0.4 is 5.56 Å². The van der Waals surface area contributed by atoms with Crippen LogP contribution in [-0.4, -0.2) is 29.7 Å². The van der Waals surface area contributed by atoms with E-state index in [-0.39, 0.29) is 17.3 Å². The molecule has 1 aliphatic heterocycles. The number of nitrogens with one attached hydrogen (secondary N) is 1. The molecule has 4 nitrogen and oxygen atoms in total. The van der Waals surface area contributed by atoms with Crippen molar-refractivity contribution in [2.75, 3.05) is 13.6 Å². The number of H-pyrrole nitrogens is 1. The third-order valence-electron chi connectivity index (χ3n) is 4.34. The number of likely N-dealkylation sites (tertiary alicyclic amines) is 1. The van der Waals surface area contributed by atoms with E-state index in [9.17, 15) is 9.18 Å². The second-order valence-electron chi connectivity index (χ2n) is 5.80. The van der Waals surface area contributed by atoms with E-state index in [0.29, 0.717) is 6.04 Å². The van der Waals surface area contributed by atoms with Crippen molar-refractivity contribution in [3.05, 3.63) is 57.8 Å². The molecule has 21 heavy (non-hydrogen) atoms. The SMILES string of the molecule is CN1CC[C@@H](c2cc(=O)[nH]o2)C[C@H]1Cc1ccc(F)cc1. The first-order chi connectivity index (χ1) is 10.1. The molecular formula is C16H19FN2O2. The van der Waals surface area contributed by atoms with Gasteiger partial charge in [-0.2, -0.15) is 5.16 Å². The Bertz CT molecular complexity index is 647. The van der Waals surface area contributed by atoms with E-state index in [0.717, 1.165) is 37.1 Å². The molecule has 0 saturated carbocycles. The highest BCUT2D eigenvalue weighted by atomic mass is 19.1. The van der Waals surface area contributed by atoms with Gasteiger partial charge >= 0.3 is 0 Å². The molecule has 2 aromatic rings. The molecule has 1 saturated heterocycles. The predicted octanol–water partition coefficient (Wildman–Crippen LogP) is 2.53. The van der Waals surface area contributed by atoms with Crippen molar-refractivity contribution in [3.63, 3.8) is 0 Å². The van der Waals surface area contributed by atoms with Crippen LogP contribution in [0.25, 0.3) is 0 Å². The number of halogens is 1. The van der Waals surface area contributed by atoms with E-state index in [1.807, 2.05) is 12.1 Å². The molecule has 0 radical (unpaired) electrons. The third-order valence-corrected chi connectivity index (χ3v) is 4.34. The first-order valence-electron chi connectivity index (χ1n) is 7.25. The van der Waals surface area contributed by atoms with Crippen LogP contribution in [0, 0.1) is 5.82 Å². The second-order valence-corrected chi connectivity index (χ2v) is 5.80. The molecule has 112 valence electrons. The zero-order valence-electron chi connectivity index (χ0n) is 12.0. The highest BCUT2D eigenvalue weighted by Gasteiger charge is 2.29. The van der Waals surface area contributed by atoms with Crippen LogP contribution in [0.2, 0.25) is 0 Å². The van der Waals surface area contributed by atoms with Gasteiger partial charge in [0.2, 0.25) is 0 Å². The van der Waals surface area contributed by atoms with Crippen LogP contribution in [-0.2, 0) is 6.42 Å². The van der Waals surface area contributed by atoms with Crippen molar-refractivity contribution in [1.82, 2.24) is 10.1 Å². The summed E-state index contributed by atoms with van der Waals surface area (Å²) in [5.74, 6) is 0.811. The lowest BCUT2D eigenvalue weighted by Gasteiger charge is -2.36. The summed E-state index contributed by atoms with van der Waals surface area (Å²) < 4.78 is 18.2. The topological polar surface area (TPSA) is 49.2 Å². The van der Waals surface area contributed by atoms with Gasteiger partial charge in [-0.05, 0) is 50.6 Å². The number of benzene rings is 1. The Kier molecular flexibility index (Phi) is 3.92. The Labute approximate surface area is 122 Å². The number of likely N-dealkylation sites (N-methyl/N-ethyl adjacent to an activating group) is 1. The van der Waals surface area contributed by atoms with Crippen LogP contribution in [0.3, 0.4) is 0 Å². The van der Waals surface area contributed by atoms with E-state index in [1.54, 1.807) is 6.07 Å². The predicted molar refractivity (Wildman–Crippen MR) is 77.8 cm³/mol. The lowest BCUT2D eigenvalue weighted by Crippen LogP contribution is -2.40. The van der Waals surface area contributed by atoms with Crippen molar-refractivity contribution < 1.29 is 8.91 Å². The monoisotopic (exact) mass is 290 g/mol. The van der Waals surface area contributed by atoms with Gasteiger partial charge in [0.25, 0.3) is 5.56 Å². The third kappa shape index (κ3) is 3.24. The van der Waals surface area contributed by atoms with Crippen molar-refractivity contribution in [3.8, 4) is 0 Å². The minimum atomic E-state index is -0.206. The standard InChI is InChI=1S/C16H19FN2O2/c1-19-7-6-12(15-10-16(20)18-21-15)9-14(19)8-11-2-4-13(17)5-3-11/h2-5,10,12,14H,6-9H2,1H3,(H,18,20)/t12-,14-/m1/s1. The molecule has 1 aliphatic rings. The summed E-state index contributed by atoms with van der Waals surface area (Å²) >= 11 is 0. The van der Waals surface area contributed by atoms with Crippen LogP contribution in [0.15, 0.2) is 39.6 Å². The van der Waals surface area contributed by atoms with E-state index in [1.165, 1.54) is 12.1 Å². The van der Waals surface area contributed by atoms with Gasteiger partial charge in [0.05, 0.1) is 0 Å². The summed E-state index contributed by atoms with van der Waals surface area (Å²) in [5, 5.41) is 2.36. The zero-order chi connectivity index (χ0) is 14.8. The molecule has 1 N–H and O–H groups in total. The molecule has 0 amide bonds. The maximum atomic E-state index is 13.0. The lowest BCUT2D eigenvalue weighted by molar-refractivity contribution is 0.155. The number of hydrogen-bond acceptors (Lipinski definition) is 3. The zero-order valence-corrected chi connectivity index (χ0v) is 12.0. The quantitative estimate of drug-likeness (QED) is 0.945. The number of nitrogens with zero attached hydrogens (tertiary/aromatic N) is 1. The minimum Gasteiger partial charge on any atom is -0.383 e. The van der Waals surface area contributed by atoms with Crippen LogP contribution in [0.5, 0.6) is 0 Å². The van der Waals surface area contributed by atoms with Gasteiger partial charge in [0.1, 0.15) is 11.6 Å².